The van der Waals surface area contributed by atoms with Crippen molar-refractivity contribution in [3.8, 4) is 5.75 Å². The van der Waals surface area contributed by atoms with E-state index in [2.05, 4.69) is 20.7 Å². The summed E-state index contributed by atoms with van der Waals surface area (Å²) in [6.07, 6.45) is 0. The molecule has 3 rings (SSSR count). The molecule has 2 aromatic carbocycles. The number of rotatable bonds is 8. The molecule has 0 atom stereocenters. The Kier molecular flexibility index (Phi) is 5.80. The Hall–Kier alpha value is -3.22. The van der Waals surface area contributed by atoms with Crippen LogP contribution in [0.25, 0.3) is 0 Å². The molecule has 0 radical (unpaired) electrons. The van der Waals surface area contributed by atoms with Gasteiger partial charge in [-0.15, -0.1) is 10.0 Å². The van der Waals surface area contributed by atoms with Crippen LogP contribution in [-0.2, 0) is 13.2 Å². The number of nitrogens with zero attached hydrogens (tertiary/aromatic N) is 3. The molecule has 0 spiro atoms. The molecule has 7 nitrogen and oxygen atoms in total. The normalized spacial score (nSPS) is 10.8. The molecule has 0 aliphatic rings. The first-order chi connectivity index (χ1) is 13.1. The van der Waals surface area contributed by atoms with Crippen LogP contribution < -0.4 is 10.1 Å². The van der Waals surface area contributed by atoms with E-state index in [1.165, 1.54) is 0 Å². The minimum atomic E-state index is 0.146. The Morgan fingerprint density at radius 2 is 1.96 bits per heavy atom. The molecule has 0 saturated carbocycles. The van der Waals surface area contributed by atoms with Crippen molar-refractivity contribution in [2.24, 2.45) is 5.18 Å². The molecule has 0 aliphatic heterocycles. The number of aromatic nitrogens is 2. The number of nitroso groups, excluding NO2 is 1. The highest BCUT2D eigenvalue weighted by atomic mass is 16.5. The number of aryl methyl sites for hydroxylation is 1. The Morgan fingerprint density at radius 3 is 2.67 bits per heavy atom. The zero-order valence-corrected chi connectivity index (χ0v) is 15.6. The number of benzene rings is 2. The van der Waals surface area contributed by atoms with Crippen LogP contribution in [0.15, 0.2) is 52.1 Å². The number of hydrogen-bond acceptors (Lipinski definition) is 7. The highest BCUT2D eigenvalue weighted by molar-refractivity contribution is 5.54. The minimum absolute atomic E-state index is 0.146. The number of nitrogens with one attached hydrogen (secondary N) is 1. The molecular formula is C20H22N4O3. The van der Waals surface area contributed by atoms with Crippen molar-refractivity contribution in [1.82, 2.24) is 10.2 Å². The lowest BCUT2D eigenvalue weighted by Crippen LogP contribution is -2.01. The van der Waals surface area contributed by atoms with E-state index in [-0.39, 0.29) is 12.5 Å². The van der Waals surface area contributed by atoms with Crippen LogP contribution in [0.4, 0.5) is 11.7 Å². The molecule has 27 heavy (non-hydrogen) atoms. The van der Waals surface area contributed by atoms with Gasteiger partial charge in [-0.3, -0.25) is 0 Å². The largest absolute Gasteiger partial charge is 0.483 e. The van der Waals surface area contributed by atoms with E-state index in [1.54, 1.807) is 6.07 Å². The Labute approximate surface area is 157 Å². The fraction of sp³-hybridized carbons (Fsp3) is 0.300. The summed E-state index contributed by atoms with van der Waals surface area (Å²) in [6.45, 7) is 6.63. The van der Waals surface area contributed by atoms with Gasteiger partial charge in [-0.05, 0) is 46.8 Å². The molecule has 140 valence electrons. The van der Waals surface area contributed by atoms with Crippen LogP contribution in [0.5, 0.6) is 5.75 Å². The van der Waals surface area contributed by atoms with Crippen LogP contribution in [0.3, 0.4) is 0 Å². The molecule has 0 fully saturated rings. The predicted molar refractivity (Wildman–Crippen MR) is 103 cm³/mol. The molecule has 1 N–H and O–H groups in total. The van der Waals surface area contributed by atoms with E-state index in [0.717, 1.165) is 16.7 Å². The minimum Gasteiger partial charge on any atom is -0.483 e. The van der Waals surface area contributed by atoms with E-state index in [4.69, 9.17) is 9.15 Å². The Balaban J connectivity index is 1.64. The summed E-state index contributed by atoms with van der Waals surface area (Å²) < 4.78 is 11.4. The summed E-state index contributed by atoms with van der Waals surface area (Å²) in [7, 11) is 0. The molecule has 7 heteroatoms. The average molecular weight is 366 g/mol. The molecule has 1 aromatic heterocycles. The van der Waals surface area contributed by atoms with Gasteiger partial charge in [-0.25, -0.2) is 0 Å². The predicted octanol–water partition coefficient (Wildman–Crippen LogP) is 5.09. The van der Waals surface area contributed by atoms with Crippen LogP contribution >= 0.6 is 0 Å². The van der Waals surface area contributed by atoms with Crippen molar-refractivity contribution < 1.29 is 9.15 Å². The fourth-order valence-electron chi connectivity index (χ4n) is 2.66. The van der Waals surface area contributed by atoms with Gasteiger partial charge in [0.25, 0.3) is 5.89 Å². The maximum Gasteiger partial charge on any atom is 0.315 e. The van der Waals surface area contributed by atoms with Crippen LogP contribution in [0.2, 0.25) is 0 Å². The quantitative estimate of drug-likeness (QED) is 0.559. The first kappa shape index (κ1) is 18.6. The zero-order chi connectivity index (χ0) is 19.2. The van der Waals surface area contributed by atoms with Crippen LogP contribution in [0, 0.1) is 11.8 Å². The van der Waals surface area contributed by atoms with E-state index in [9.17, 15) is 4.91 Å². The summed E-state index contributed by atoms with van der Waals surface area (Å²) in [5.74, 6) is 1.24. The van der Waals surface area contributed by atoms with Crippen molar-refractivity contribution in [3.05, 3.63) is 70.0 Å². The summed E-state index contributed by atoms with van der Waals surface area (Å²) in [5.41, 5.74) is 3.22. The van der Waals surface area contributed by atoms with Gasteiger partial charge in [0, 0.05) is 6.54 Å². The highest BCUT2D eigenvalue weighted by Gasteiger charge is 2.14. The average Bonchev–Trinajstić information content (AvgIpc) is 3.13. The summed E-state index contributed by atoms with van der Waals surface area (Å²) >= 11 is 0. The van der Waals surface area contributed by atoms with Crippen molar-refractivity contribution in [2.75, 3.05) is 5.32 Å². The van der Waals surface area contributed by atoms with Crippen molar-refractivity contribution in [1.29, 1.82) is 0 Å². The molecule has 1 heterocycles. The molecule has 0 saturated heterocycles. The van der Waals surface area contributed by atoms with Gasteiger partial charge < -0.3 is 14.5 Å². The summed E-state index contributed by atoms with van der Waals surface area (Å²) in [5, 5.41) is 14.1. The first-order valence-corrected chi connectivity index (χ1v) is 8.77. The highest BCUT2D eigenvalue weighted by Crippen LogP contribution is 2.33. The number of anilines is 1. The third-order valence-corrected chi connectivity index (χ3v) is 4.15. The monoisotopic (exact) mass is 366 g/mol. The molecule has 0 amide bonds. The maximum absolute atomic E-state index is 10.9. The van der Waals surface area contributed by atoms with Gasteiger partial charge in [-0.1, -0.05) is 49.3 Å². The van der Waals surface area contributed by atoms with Crippen LogP contribution in [-0.4, -0.2) is 10.2 Å². The first-order valence-electron chi connectivity index (χ1n) is 8.77. The third-order valence-electron chi connectivity index (χ3n) is 4.15. The molecular weight excluding hydrogens is 344 g/mol. The number of hydrogen-bond donors (Lipinski definition) is 1. The van der Waals surface area contributed by atoms with Gasteiger partial charge in [0.2, 0.25) is 0 Å². The van der Waals surface area contributed by atoms with Gasteiger partial charge in [0.15, 0.2) is 6.61 Å². The SMILES string of the molecule is Cc1cc(OCc2nnc(NCc3ccccc3)o2)c(C(C)C)cc1N=O. The number of ether oxygens (including phenoxy) is 1. The van der Waals surface area contributed by atoms with Crippen LogP contribution in [0.1, 0.15) is 42.3 Å². The lowest BCUT2D eigenvalue weighted by Gasteiger charge is -2.14. The van der Waals surface area contributed by atoms with Crippen molar-refractivity contribution >= 4 is 11.7 Å². The van der Waals surface area contributed by atoms with Gasteiger partial charge in [0.1, 0.15) is 11.4 Å². The summed E-state index contributed by atoms with van der Waals surface area (Å²) in [4.78, 5) is 10.9. The lowest BCUT2D eigenvalue weighted by atomic mass is 9.99. The van der Waals surface area contributed by atoms with E-state index in [0.29, 0.717) is 29.9 Å². The fourth-order valence-corrected chi connectivity index (χ4v) is 2.66. The van der Waals surface area contributed by atoms with Gasteiger partial charge >= 0.3 is 6.01 Å². The molecule has 0 aliphatic carbocycles. The van der Waals surface area contributed by atoms with Crippen molar-refractivity contribution in [3.63, 3.8) is 0 Å². The standard InChI is InChI=1S/C20H22N4O3/c1-13(2)16-10-17(24-25)14(3)9-18(16)26-12-19-22-23-20(27-19)21-11-15-7-5-4-6-8-15/h4-10,13H,11-12H2,1-3H3,(H,21,23). The second kappa shape index (κ2) is 8.44. The molecule has 0 bridgehead atoms. The van der Waals surface area contributed by atoms with Gasteiger partial charge in [0.05, 0.1) is 0 Å². The Morgan fingerprint density at radius 1 is 1.19 bits per heavy atom. The lowest BCUT2D eigenvalue weighted by molar-refractivity contribution is 0.261. The Bertz CT molecular complexity index is 907. The third kappa shape index (κ3) is 4.69. The van der Waals surface area contributed by atoms with Crippen molar-refractivity contribution in [2.45, 2.75) is 39.8 Å². The van der Waals surface area contributed by atoms with E-state index < -0.39 is 0 Å². The second-order valence-corrected chi connectivity index (χ2v) is 6.55. The maximum atomic E-state index is 10.9. The van der Waals surface area contributed by atoms with E-state index >= 15 is 0 Å². The molecule has 3 aromatic rings. The van der Waals surface area contributed by atoms with E-state index in [1.807, 2.05) is 57.2 Å². The summed E-state index contributed by atoms with van der Waals surface area (Å²) in [6, 6.07) is 13.9. The topological polar surface area (TPSA) is 89.6 Å². The second-order valence-electron chi connectivity index (χ2n) is 6.55. The zero-order valence-electron chi connectivity index (χ0n) is 15.6. The van der Waals surface area contributed by atoms with Gasteiger partial charge in [-0.2, -0.15) is 0 Å². The smallest absolute Gasteiger partial charge is 0.315 e. The molecule has 0 unspecified atom stereocenters.